The van der Waals surface area contributed by atoms with Gasteiger partial charge in [-0.05, 0) is 50.7 Å². The van der Waals surface area contributed by atoms with E-state index in [-0.39, 0.29) is 0 Å². The van der Waals surface area contributed by atoms with Crippen molar-refractivity contribution in [2.24, 2.45) is 0 Å². The summed E-state index contributed by atoms with van der Waals surface area (Å²) in [4.78, 5) is 4.92. The van der Waals surface area contributed by atoms with Crippen molar-refractivity contribution >= 4 is 5.69 Å². The van der Waals surface area contributed by atoms with Crippen LogP contribution in [0.5, 0.6) is 0 Å². The maximum atomic E-state index is 5.78. The molecule has 94 valence electrons. The van der Waals surface area contributed by atoms with E-state index < -0.39 is 0 Å². The van der Waals surface area contributed by atoms with Gasteiger partial charge in [0.2, 0.25) is 0 Å². The molecular formula is C14H23N3. The standard InChI is InChI=1S/C14H23N3/c1-16(9-10-17-7-2-3-8-17)12-13-5-4-6-14(15)11-13/h4-6,11H,2-3,7-10,12,15H2,1H3. The fraction of sp³-hybridized carbons (Fsp3) is 0.571. The van der Waals surface area contributed by atoms with Crippen molar-refractivity contribution in [3.8, 4) is 0 Å². The molecule has 2 rings (SSSR count). The average Bonchev–Trinajstić information content (AvgIpc) is 2.79. The minimum atomic E-state index is 0.857. The summed E-state index contributed by atoms with van der Waals surface area (Å²) in [5.41, 5.74) is 7.94. The Balaban J connectivity index is 1.74. The smallest absolute Gasteiger partial charge is 0.0317 e. The van der Waals surface area contributed by atoms with Crippen molar-refractivity contribution in [2.45, 2.75) is 19.4 Å². The highest BCUT2D eigenvalue weighted by atomic mass is 15.2. The number of likely N-dealkylation sites (tertiary alicyclic amines) is 1. The van der Waals surface area contributed by atoms with E-state index in [1.165, 1.54) is 38.0 Å². The van der Waals surface area contributed by atoms with Crippen LogP contribution < -0.4 is 5.73 Å². The zero-order valence-corrected chi connectivity index (χ0v) is 10.7. The van der Waals surface area contributed by atoms with Gasteiger partial charge in [0.05, 0.1) is 0 Å². The lowest BCUT2D eigenvalue weighted by atomic mass is 10.2. The lowest BCUT2D eigenvalue weighted by Crippen LogP contribution is -2.31. The first-order chi connectivity index (χ1) is 8.24. The molecular weight excluding hydrogens is 210 g/mol. The van der Waals surface area contributed by atoms with Crippen molar-refractivity contribution in [1.82, 2.24) is 9.80 Å². The minimum absolute atomic E-state index is 0.857. The Morgan fingerprint density at radius 2 is 2.06 bits per heavy atom. The van der Waals surface area contributed by atoms with E-state index in [1.54, 1.807) is 0 Å². The van der Waals surface area contributed by atoms with Gasteiger partial charge < -0.3 is 15.5 Å². The first-order valence-electron chi connectivity index (χ1n) is 6.49. The maximum Gasteiger partial charge on any atom is 0.0317 e. The highest BCUT2D eigenvalue weighted by Crippen LogP contribution is 2.10. The molecule has 1 heterocycles. The summed E-state index contributed by atoms with van der Waals surface area (Å²) in [6, 6.07) is 8.17. The molecule has 0 aromatic heterocycles. The molecule has 1 fully saturated rings. The van der Waals surface area contributed by atoms with Crippen LogP contribution >= 0.6 is 0 Å². The third kappa shape index (κ3) is 4.02. The third-order valence-electron chi connectivity index (χ3n) is 3.40. The van der Waals surface area contributed by atoms with Gasteiger partial charge in [0, 0.05) is 25.3 Å². The van der Waals surface area contributed by atoms with Gasteiger partial charge in [0.1, 0.15) is 0 Å². The van der Waals surface area contributed by atoms with E-state index in [9.17, 15) is 0 Å². The van der Waals surface area contributed by atoms with E-state index >= 15 is 0 Å². The van der Waals surface area contributed by atoms with Crippen molar-refractivity contribution in [2.75, 3.05) is 39.0 Å². The minimum Gasteiger partial charge on any atom is -0.399 e. The highest BCUT2D eigenvalue weighted by Gasteiger charge is 2.11. The zero-order valence-electron chi connectivity index (χ0n) is 10.7. The molecule has 0 spiro atoms. The Morgan fingerprint density at radius 3 is 2.76 bits per heavy atom. The van der Waals surface area contributed by atoms with Gasteiger partial charge in [-0.1, -0.05) is 12.1 Å². The SMILES string of the molecule is CN(CCN1CCCC1)Cc1cccc(N)c1. The summed E-state index contributed by atoms with van der Waals surface area (Å²) in [5, 5.41) is 0. The number of nitrogens with two attached hydrogens (primary N) is 1. The Hall–Kier alpha value is -1.06. The molecule has 2 N–H and O–H groups in total. The summed E-state index contributed by atoms with van der Waals surface area (Å²) in [6.07, 6.45) is 2.75. The van der Waals surface area contributed by atoms with Crippen LogP contribution in [-0.4, -0.2) is 43.0 Å². The summed E-state index contributed by atoms with van der Waals surface area (Å²) < 4.78 is 0. The van der Waals surface area contributed by atoms with Crippen LogP contribution in [0.25, 0.3) is 0 Å². The van der Waals surface area contributed by atoms with Gasteiger partial charge in [-0.2, -0.15) is 0 Å². The van der Waals surface area contributed by atoms with E-state index in [0.29, 0.717) is 0 Å². The second-order valence-corrected chi connectivity index (χ2v) is 5.03. The summed E-state index contributed by atoms with van der Waals surface area (Å²) in [5.74, 6) is 0. The first-order valence-corrected chi connectivity index (χ1v) is 6.49. The van der Waals surface area contributed by atoms with Gasteiger partial charge in [-0.3, -0.25) is 0 Å². The van der Waals surface area contributed by atoms with E-state index in [2.05, 4.69) is 29.0 Å². The molecule has 0 saturated carbocycles. The van der Waals surface area contributed by atoms with E-state index in [0.717, 1.165) is 18.8 Å². The molecule has 1 aliphatic heterocycles. The van der Waals surface area contributed by atoms with Gasteiger partial charge in [-0.25, -0.2) is 0 Å². The molecule has 1 aromatic rings. The Kier molecular flexibility index (Phi) is 4.40. The second kappa shape index (κ2) is 6.03. The van der Waals surface area contributed by atoms with Crippen LogP contribution in [0.2, 0.25) is 0 Å². The van der Waals surface area contributed by atoms with Crippen LogP contribution in [0.1, 0.15) is 18.4 Å². The normalized spacial score (nSPS) is 16.8. The van der Waals surface area contributed by atoms with Crippen LogP contribution in [-0.2, 0) is 6.54 Å². The van der Waals surface area contributed by atoms with Gasteiger partial charge in [-0.15, -0.1) is 0 Å². The molecule has 17 heavy (non-hydrogen) atoms. The lowest BCUT2D eigenvalue weighted by Gasteiger charge is -2.21. The Labute approximate surface area is 104 Å². The Bertz CT molecular complexity index is 345. The predicted molar refractivity (Wildman–Crippen MR) is 72.9 cm³/mol. The third-order valence-corrected chi connectivity index (χ3v) is 3.40. The van der Waals surface area contributed by atoms with E-state index in [1.807, 2.05) is 12.1 Å². The van der Waals surface area contributed by atoms with Crippen LogP contribution in [0, 0.1) is 0 Å². The number of hydrogen-bond acceptors (Lipinski definition) is 3. The number of hydrogen-bond donors (Lipinski definition) is 1. The maximum absolute atomic E-state index is 5.78. The number of nitrogen functional groups attached to an aromatic ring is 1. The lowest BCUT2D eigenvalue weighted by molar-refractivity contribution is 0.252. The molecule has 0 aliphatic carbocycles. The quantitative estimate of drug-likeness (QED) is 0.787. The molecule has 3 nitrogen and oxygen atoms in total. The summed E-state index contributed by atoms with van der Waals surface area (Å²) in [6.45, 7) is 5.88. The van der Waals surface area contributed by atoms with Crippen molar-refractivity contribution in [1.29, 1.82) is 0 Å². The topological polar surface area (TPSA) is 32.5 Å². The summed E-state index contributed by atoms with van der Waals surface area (Å²) >= 11 is 0. The number of nitrogens with zero attached hydrogens (tertiary/aromatic N) is 2. The van der Waals surface area contributed by atoms with Gasteiger partial charge in [0.15, 0.2) is 0 Å². The molecule has 0 amide bonds. The Morgan fingerprint density at radius 1 is 1.29 bits per heavy atom. The fourth-order valence-corrected chi connectivity index (χ4v) is 2.40. The molecule has 3 heteroatoms. The number of likely N-dealkylation sites (N-methyl/N-ethyl adjacent to an activating group) is 1. The van der Waals surface area contributed by atoms with Crippen molar-refractivity contribution < 1.29 is 0 Å². The monoisotopic (exact) mass is 233 g/mol. The van der Waals surface area contributed by atoms with Crippen LogP contribution in [0.4, 0.5) is 5.69 Å². The largest absolute Gasteiger partial charge is 0.399 e. The van der Waals surface area contributed by atoms with Crippen molar-refractivity contribution in [3.05, 3.63) is 29.8 Å². The van der Waals surface area contributed by atoms with Crippen LogP contribution in [0.3, 0.4) is 0 Å². The second-order valence-electron chi connectivity index (χ2n) is 5.03. The molecule has 0 radical (unpaired) electrons. The molecule has 0 unspecified atom stereocenters. The van der Waals surface area contributed by atoms with Gasteiger partial charge in [0.25, 0.3) is 0 Å². The zero-order chi connectivity index (χ0) is 12.1. The molecule has 1 aromatic carbocycles. The molecule has 1 saturated heterocycles. The number of rotatable bonds is 5. The van der Waals surface area contributed by atoms with Gasteiger partial charge >= 0.3 is 0 Å². The average molecular weight is 233 g/mol. The van der Waals surface area contributed by atoms with Crippen molar-refractivity contribution in [3.63, 3.8) is 0 Å². The predicted octanol–water partition coefficient (Wildman–Crippen LogP) is 1.80. The molecule has 0 bridgehead atoms. The molecule has 1 aliphatic rings. The number of benzene rings is 1. The summed E-state index contributed by atoms with van der Waals surface area (Å²) in [7, 11) is 2.18. The highest BCUT2D eigenvalue weighted by molar-refractivity contribution is 5.40. The first kappa shape index (κ1) is 12.4. The van der Waals surface area contributed by atoms with E-state index in [4.69, 9.17) is 5.73 Å². The number of anilines is 1. The fourth-order valence-electron chi connectivity index (χ4n) is 2.40. The van der Waals surface area contributed by atoms with Crippen LogP contribution in [0.15, 0.2) is 24.3 Å². The molecule has 0 atom stereocenters.